The second-order valence-corrected chi connectivity index (χ2v) is 18.2. The largest absolute Gasteiger partial charge is 0.458 e. The lowest BCUT2D eigenvalue weighted by molar-refractivity contribution is -0.304. The van der Waals surface area contributed by atoms with E-state index < -0.39 is 89.7 Å². The standard InChI is InChI=1S/C46H70N2O11/c1-13-36-46(10)40(48(44(52)59-46)22-18-17-21-34-19-15-14-16-20-34)30(5)37(50)28(3)24-45(9)41(31(6)38(32(7)42(51)57-36)53-25-27(2)26-54-45)58-43-39(56-33(8)49)35(47(11)12)23-29(4)55-43/h14-16,19-20,28-32,35-36,38-41,43H,2,13,17-18,21-26H2,1,3-12H3/t28-,29-,30+,31+,32-,35+,36-,38-,39-,40-,41-,43+,45+,46-/m1/s1. The summed E-state index contributed by atoms with van der Waals surface area (Å²) in [7, 11) is 3.85. The predicted octanol–water partition coefficient (Wildman–Crippen LogP) is 6.54. The molecular formula is C46H70N2O11. The van der Waals surface area contributed by atoms with Crippen LogP contribution in [0, 0.1) is 23.7 Å². The number of carbonyl (C=O) groups excluding carboxylic acids is 4. The van der Waals surface area contributed by atoms with E-state index in [0.717, 1.165) is 12.8 Å². The number of ether oxygens (including phenoxy) is 7. The van der Waals surface area contributed by atoms with E-state index in [1.807, 2.05) is 78.7 Å². The number of nitrogens with zero attached hydrogens (tertiary/aromatic N) is 2. The fourth-order valence-corrected chi connectivity index (χ4v) is 10.2. The highest BCUT2D eigenvalue weighted by molar-refractivity contribution is 5.85. The summed E-state index contributed by atoms with van der Waals surface area (Å²) in [6.45, 7) is 21.2. The minimum atomic E-state index is -1.32. The highest BCUT2D eigenvalue weighted by Gasteiger charge is 2.60. The molecule has 0 radical (unpaired) electrons. The minimum absolute atomic E-state index is 0.0869. The molecule has 1 aromatic rings. The Kier molecular flexibility index (Phi) is 15.5. The lowest BCUT2D eigenvalue weighted by Gasteiger charge is -2.49. The average molecular weight is 827 g/mol. The van der Waals surface area contributed by atoms with E-state index in [4.69, 9.17) is 33.2 Å². The number of hydrogen-bond acceptors (Lipinski definition) is 12. The quantitative estimate of drug-likeness (QED) is 0.110. The molecule has 13 nitrogen and oxygen atoms in total. The van der Waals surface area contributed by atoms with Gasteiger partial charge in [0.05, 0.1) is 55.1 Å². The summed E-state index contributed by atoms with van der Waals surface area (Å²) in [4.78, 5) is 59.6. The van der Waals surface area contributed by atoms with Gasteiger partial charge >= 0.3 is 18.0 Å². The summed E-state index contributed by atoms with van der Waals surface area (Å²) in [5.41, 5.74) is -0.630. The molecule has 4 fully saturated rings. The molecule has 4 heterocycles. The molecule has 0 unspecified atom stereocenters. The number of rotatable bonds is 10. The van der Waals surface area contributed by atoms with Crippen molar-refractivity contribution in [3.05, 3.63) is 48.0 Å². The second kappa shape index (κ2) is 19.6. The van der Waals surface area contributed by atoms with Crippen molar-refractivity contribution in [3.63, 3.8) is 0 Å². The molecule has 4 aliphatic heterocycles. The fraction of sp³-hybridized carbons (Fsp3) is 0.739. The Bertz CT molecular complexity index is 1640. The molecule has 0 saturated carbocycles. The topological polar surface area (TPSA) is 139 Å². The Morgan fingerprint density at radius 3 is 2.34 bits per heavy atom. The molecule has 5 rings (SSSR count). The number of carbonyl (C=O) groups is 4. The Labute approximate surface area is 351 Å². The van der Waals surface area contributed by atoms with Crippen molar-refractivity contribution < 1.29 is 52.3 Å². The van der Waals surface area contributed by atoms with E-state index in [0.29, 0.717) is 31.4 Å². The highest BCUT2D eigenvalue weighted by Crippen LogP contribution is 2.44. The molecule has 4 aliphatic rings. The summed E-state index contributed by atoms with van der Waals surface area (Å²) in [5, 5.41) is 0. The Morgan fingerprint density at radius 1 is 1.00 bits per heavy atom. The molecule has 13 heteroatoms. The van der Waals surface area contributed by atoms with E-state index >= 15 is 0 Å². The molecule has 59 heavy (non-hydrogen) atoms. The third-order valence-corrected chi connectivity index (χ3v) is 13.2. The number of cyclic esters (lactones) is 1. The number of benzene rings is 1. The van der Waals surface area contributed by atoms with E-state index in [-0.39, 0.29) is 37.6 Å². The molecule has 4 saturated heterocycles. The number of aryl methyl sites for hydroxylation is 1. The van der Waals surface area contributed by atoms with Crippen LogP contribution in [0.15, 0.2) is 42.5 Å². The molecule has 1 amide bonds. The SMILES string of the molecule is C=C1CO[C@@H]2[C@H](C)[C@@H](O[C@@H]3O[C@H](C)C[C@H](N(C)C)[C@H]3OC(C)=O)[C@](C)(C[C@@H](C)C(=O)[C@H](C)[C@H]3N(CCCCc4ccccc4)C(=O)O[C@]3(C)[C@@H](CC)OC(=O)[C@@H]2C)OC1. The molecule has 0 aliphatic carbocycles. The van der Waals surface area contributed by atoms with Crippen LogP contribution in [0.1, 0.15) is 100.0 Å². The fourth-order valence-electron chi connectivity index (χ4n) is 10.2. The van der Waals surface area contributed by atoms with Gasteiger partial charge in [-0.2, -0.15) is 0 Å². The third-order valence-electron chi connectivity index (χ3n) is 13.2. The average Bonchev–Trinajstić information content (AvgIpc) is 3.46. The highest BCUT2D eigenvalue weighted by atomic mass is 16.7. The lowest BCUT2D eigenvalue weighted by atomic mass is 9.73. The van der Waals surface area contributed by atoms with Gasteiger partial charge in [0.2, 0.25) is 0 Å². The van der Waals surface area contributed by atoms with Gasteiger partial charge in [-0.15, -0.1) is 0 Å². The summed E-state index contributed by atoms with van der Waals surface area (Å²) in [5.74, 6) is -3.75. The summed E-state index contributed by atoms with van der Waals surface area (Å²) < 4.78 is 45.5. The van der Waals surface area contributed by atoms with Crippen molar-refractivity contribution in [2.24, 2.45) is 23.7 Å². The first-order chi connectivity index (χ1) is 27.8. The molecule has 14 atom stereocenters. The van der Waals surface area contributed by atoms with Gasteiger partial charge in [-0.25, -0.2) is 4.79 Å². The zero-order chi connectivity index (χ0) is 43.4. The zero-order valence-corrected chi connectivity index (χ0v) is 37.3. The molecule has 0 N–H and O–H groups in total. The normalized spacial score (nSPS) is 38.7. The van der Waals surface area contributed by atoms with Crippen molar-refractivity contribution in [1.29, 1.82) is 0 Å². The number of esters is 2. The van der Waals surface area contributed by atoms with Crippen LogP contribution in [0.5, 0.6) is 0 Å². The molecular weight excluding hydrogens is 757 g/mol. The Morgan fingerprint density at radius 2 is 1.69 bits per heavy atom. The number of ketones is 1. The number of Topliss-reactive ketones (excluding diaryl/α,β-unsaturated/α-hetero) is 1. The Hall–Kier alpha value is -3.36. The second-order valence-electron chi connectivity index (χ2n) is 18.2. The zero-order valence-electron chi connectivity index (χ0n) is 37.3. The van der Waals surface area contributed by atoms with Crippen molar-refractivity contribution in [1.82, 2.24) is 9.80 Å². The first kappa shape index (κ1) is 46.7. The van der Waals surface area contributed by atoms with Gasteiger partial charge in [0, 0.05) is 31.2 Å². The summed E-state index contributed by atoms with van der Waals surface area (Å²) in [6, 6.07) is 9.25. The van der Waals surface area contributed by atoms with Crippen LogP contribution < -0.4 is 0 Å². The predicted molar refractivity (Wildman–Crippen MR) is 221 cm³/mol. The first-order valence-corrected chi connectivity index (χ1v) is 21.7. The van der Waals surface area contributed by atoms with Crippen molar-refractivity contribution in [3.8, 4) is 0 Å². The van der Waals surface area contributed by atoms with Gasteiger partial charge in [-0.05, 0) is 91.5 Å². The molecule has 1 aromatic carbocycles. The van der Waals surface area contributed by atoms with E-state index in [1.54, 1.807) is 18.7 Å². The maximum atomic E-state index is 15.0. The van der Waals surface area contributed by atoms with Gasteiger partial charge in [0.1, 0.15) is 11.9 Å². The summed E-state index contributed by atoms with van der Waals surface area (Å²) in [6.07, 6.45) is -1.51. The minimum Gasteiger partial charge on any atom is -0.458 e. The van der Waals surface area contributed by atoms with Crippen LogP contribution in [-0.4, -0.2) is 128 Å². The number of amides is 1. The third kappa shape index (κ3) is 10.4. The molecule has 2 bridgehead atoms. The number of likely N-dealkylation sites (N-methyl/N-ethyl adjacent to an activating group) is 1. The van der Waals surface area contributed by atoms with Gasteiger partial charge in [-0.1, -0.05) is 64.6 Å². The smallest absolute Gasteiger partial charge is 0.410 e. The van der Waals surface area contributed by atoms with E-state index in [1.165, 1.54) is 12.5 Å². The molecule has 0 spiro atoms. The summed E-state index contributed by atoms with van der Waals surface area (Å²) >= 11 is 0. The van der Waals surface area contributed by atoms with Crippen LogP contribution in [0.3, 0.4) is 0 Å². The van der Waals surface area contributed by atoms with E-state index in [9.17, 15) is 19.2 Å². The van der Waals surface area contributed by atoms with Crippen molar-refractivity contribution >= 4 is 23.8 Å². The Balaban J connectivity index is 1.56. The van der Waals surface area contributed by atoms with Crippen molar-refractivity contribution in [2.45, 2.75) is 161 Å². The first-order valence-electron chi connectivity index (χ1n) is 21.7. The monoisotopic (exact) mass is 826 g/mol. The van der Waals surface area contributed by atoms with Gasteiger partial charge in [0.15, 0.2) is 18.0 Å². The number of unbranched alkanes of at least 4 members (excludes halogenated alkanes) is 1. The van der Waals surface area contributed by atoms with Gasteiger partial charge in [0.25, 0.3) is 0 Å². The van der Waals surface area contributed by atoms with Crippen LogP contribution in [0.4, 0.5) is 4.79 Å². The van der Waals surface area contributed by atoms with Gasteiger partial charge < -0.3 is 43.0 Å². The van der Waals surface area contributed by atoms with Crippen LogP contribution in [0.25, 0.3) is 0 Å². The molecule has 330 valence electrons. The lowest BCUT2D eigenvalue weighted by Crippen LogP contribution is -2.61. The van der Waals surface area contributed by atoms with Crippen LogP contribution in [-0.2, 0) is 54.0 Å². The number of hydrogen-bond donors (Lipinski definition) is 0. The maximum absolute atomic E-state index is 15.0. The van der Waals surface area contributed by atoms with Crippen LogP contribution >= 0.6 is 0 Å². The van der Waals surface area contributed by atoms with Crippen LogP contribution in [0.2, 0.25) is 0 Å². The number of fused-ring (bicyclic) bond motifs is 4. The van der Waals surface area contributed by atoms with Gasteiger partial charge in [-0.3, -0.25) is 14.4 Å². The maximum Gasteiger partial charge on any atom is 0.410 e. The molecule has 0 aromatic heterocycles. The van der Waals surface area contributed by atoms with E-state index in [2.05, 4.69) is 18.7 Å². The van der Waals surface area contributed by atoms with Crippen molar-refractivity contribution in [2.75, 3.05) is 33.9 Å².